The standard InChI is InChI=1S/C14H17NO/c16-10-14-12-6-13(14)9-15(8-12)7-11-4-2-1-3-5-11/h1-5,10,12-14H,6-9H2. The predicted molar refractivity (Wildman–Crippen MR) is 62.9 cm³/mol. The normalized spacial score (nSPS) is 33.1. The van der Waals surface area contributed by atoms with Crippen LogP contribution in [0.25, 0.3) is 0 Å². The minimum atomic E-state index is 0.368. The fraction of sp³-hybridized carbons (Fsp3) is 0.500. The molecule has 0 spiro atoms. The van der Waals surface area contributed by atoms with Crippen molar-refractivity contribution < 1.29 is 4.79 Å². The number of hydrogen-bond donors (Lipinski definition) is 0. The molecule has 2 unspecified atom stereocenters. The van der Waals surface area contributed by atoms with E-state index in [0.717, 1.165) is 19.6 Å². The van der Waals surface area contributed by atoms with Crippen molar-refractivity contribution in [2.24, 2.45) is 17.8 Å². The van der Waals surface area contributed by atoms with E-state index in [2.05, 4.69) is 35.2 Å². The maximum absolute atomic E-state index is 10.8. The van der Waals surface area contributed by atoms with E-state index in [1.165, 1.54) is 18.3 Å². The number of rotatable bonds is 3. The molecule has 3 aliphatic rings. The largest absolute Gasteiger partial charge is 0.303 e. The molecule has 4 rings (SSSR count). The van der Waals surface area contributed by atoms with Crippen LogP contribution in [0.2, 0.25) is 0 Å². The molecular formula is C14H17NO. The summed E-state index contributed by atoms with van der Waals surface area (Å²) in [5.41, 5.74) is 1.38. The molecule has 2 atom stereocenters. The first-order valence-electron chi connectivity index (χ1n) is 6.08. The first-order valence-corrected chi connectivity index (χ1v) is 6.08. The SMILES string of the molecule is O=CC1C2CC1CN(Cc1ccccc1)C2. The summed E-state index contributed by atoms with van der Waals surface area (Å²) in [6.45, 7) is 3.25. The van der Waals surface area contributed by atoms with E-state index < -0.39 is 0 Å². The first-order chi connectivity index (χ1) is 7.86. The molecule has 1 aromatic carbocycles. The zero-order valence-electron chi connectivity index (χ0n) is 9.38. The molecule has 0 radical (unpaired) electrons. The number of benzene rings is 1. The molecule has 2 aliphatic heterocycles. The lowest BCUT2D eigenvalue weighted by Gasteiger charge is -2.51. The number of fused-ring (bicyclic) bond motifs is 2. The van der Waals surface area contributed by atoms with Gasteiger partial charge in [-0.15, -0.1) is 0 Å². The molecule has 0 aromatic heterocycles. The van der Waals surface area contributed by atoms with Crippen LogP contribution in [-0.2, 0) is 11.3 Å². The van der Waals surface area contributed by atoms with Gasteiger partial charge in [-0.2, -0.15) is 0 Å². The van der Waals surface area contributed by atoms with Crippen LogP contribution < -0.4 is 0 Å². The lowest BCUT2D eigenvalue weighted by Crippen LogP contribution is -2.55. The molecule has 2 nitrogen and oxygen atoms in total. The second-order valence-electron chi connectivity index (χ2n) is 5.15. The van der Waals surface area contributed by atoms with Gasteiger partial charge in [-0.1, -0.05) is 30.3 Å². The van der Waals surface area contributed by atoms with E-state index in [0.29, 0.717) is 17.8 Å². The highest BCUT2D eigenvalue weighted by molar-refractivity contribution is 5.57. The molecule has 16 heavy (non-hydrogen) atoms. The molecule has 0 amide bonds. The minimum absolute atomic E-state index is 0.368. The highest BCUT2D eigenvalue weighted by atomic mass is 16.1. The van der Waals surface area contributed by atoms with Gasteiger partial charge in [0.15, 0.2) is 0 Å². The van der Waals surface area contributed by atoms with Gasteiger partial charge in [0.05, 0.1) is 0 Å². The highest BCUT2D eigenvalue weighted by Gasteiger charge is 2.46. The fourth-order valence-corrected chi connectivity index (χ4v) is 3.22. The molecule has 1 aliphatic carbocycles. The Balaban J connectivity index is 1.61. The molecular weight excluding hydrogens is 198 g/mol. The Bertz CT molecular complexity index is 364. The van der Waals surface area contributed by atoms with E-state index in [4.69, 9.17) is 0 Å². The van der Waals surface area contributed by atoms with Crippen molar-refractivity contribution in [2.45, 2.75) is 13.0 Å². The molecule has 3 fully saturated rings. The molecule has 2 bridgehead atoms. The average Bonchev–Trinajstić information content (AvgIpc) is 2.31. The summed E-state index contributed by atoms with van der Waals surface area (Å²) in [6.07, 6.45) is 2.45. The Morgan fingerprint density at radius 2 is 1.88 bits per heavy atom. The van der Waals surface area contributed by atoms with Gasteiger partial charge in [0.1, 0.15) is 6.29 Å². The predicted octanol–water partition coefficient (Wildman–Crippen LogP) is 1.95. The zero-order chi connectivity index (χ0) is 11.0. The van der Waals surface area contributed by atoms with Gasteiger partial charge in [0.2, 0.25) is 0 Å². The molecule has 2 saturated heterocycles. The van der Waals surface area contributed by atoms with E-state index in [1.807, 2.05) is 0 Å². The molecule has 2 heterocycles. The van der Waals surface area contributed by atoms with Crippen molar-refractivity contribution >= 4 is 6.29 Å². The van der Waals surface area contributed by atoms with Crippen molar-refractivity contribution in [3.8, 4) is 0 Å². The Morgan fingerprint density at radius 3 is 2.50 bits per heavy atom. The van der Waals surface area contributed by atoms with Gasteiger partial charge in [0, 0.05) is 25.6 Å². The third kappa shape index (κ3) is 1.67. The van der Waals surface area contributed by atoms with Crippen LogP contribution in [0, 0.1) is 17.8 Å². The average molecular weight is 215 g/mol. The topological polar surface area (TPSA) is 20.3 Å². The monoisotopic (exact) mass is 215 g/mol. The number of nitrogens with zero attached hydrogens (tertiary/aromatic N) is 1. The van der Waals surface area contributed by atoms with Gasteiger partial charge in [-0.3, -0.25) is 4.90 Å². The zero-order valence-corrected chi connectivity index (χ0v) is 9.38. The van der Waals surface area contributed by atoms with E-state index in [1.54, 1.807) is 0 Å². The van der Waals surface area contributed by atoms with Crippen LogP contribution in [0.5, 0.6) is 0 Å². The third-order valence-electron chi connectivity index (χ3n) is 4.09. The van der Waals surface area contributed by atoms with Crippen LogP contribution in [0.3, 0.4) is 0 Å². The Kier molecular flexibility index (Phi) is 2.52. The van der Waals surface area contributed by atoms with Crippen molar-refractivity contribution in [3.63, 3.8) is 0 Å². The Labute approximate surface area is 96.3 Å². The van der Waals surface area contributed by atoms with Crippen LogP contribution in [0.15, 0.2) is 30.3 Å². The van der Waals surface area contributed by atoms with Crippen LogP contribution in [0.4, 0.5) is 0 Å². The van der Waals surface area contributed by atoms with E-state index >= 15 is 0 Å². The number of carbonyl (C=O) groups is 1. The Morgan fingerprint density at radius 1 is 1.19 bits per heavy atom. The summed E-state index contributed by atoms with van der Waals surface area (Å²) in [6, 6.07) is 10.6. The summed E-state index contributed by atoms with van der Waals surface area (Å²) < 4.78 is 0. The molecule has 2 heteroatoms. The van der Waals surface area contributed by atoms with Crippen LogP contribution >= 0.6 is 0 Å². The number of aldehydes is 1. The molecule has 1 aromatic rings. The fourth-order valence-electron chi connectivity index (χ4n) is 3.22. The highest BCUT2D eigenvalue weighted by Crippen LogP contribution is 2.44. The number of piperidine rings is 2. The summed E-state index contributed by atoms with van der Waals surface area (Å²) >= 11 is 0. The minimum Gasteiger partial charge on any atom is -0.303 e. The maximum Gasteiger partial charge on any atom is 0.123 e. The van der Waals surface area contributed by atoms with Crippen LogP contribution in [0.1, 0.15) is 12.0 Å². The van der Waals surface area contributed by atoms with Crippen molar-refractivity contribution in [2.75, 3.05) is 13.1 Å². The number of hydrogen-bond acceptors (Lipinski definition) is 2. The summed E-state index contributed by atoms with van der Waals surface area (Å²) in [5.74, 6) is 1.65. The van der Waals surface area contributed by atoms with Gasteiger partial charge in [0.25, 0.3) is 0 Å². The summed E-state index contributed by atoms with van der Waals surface area (Å²) in [4.78, 5) is 13.3. The van der Waals surface area contributed by atoms with Crippen molar-refractivity contribution in [1.82, 2.24) is 4.90 Å². The molecule has 1 saturated carbocycles. The molecule has 0 N–H and O–H groups in total. The van der Waals surface area contributed by atoms with Crippen molar-refractivity contribution in [3.05, 3.63) is 35.9 Å². The van der Waals surface area contributed by atoms with Gasteiger partial charge >= 0.3 is 0 Å². The van der Waals surface area contributed by atoms with Crippen molar-refractivity contribution in [1.29, 1.82) is 0 Å². The first kappa shape index (κ1) is 10.0. The smallest absolute Gasteiger partial charge is 0.123 e. The van der Waals surface area contributed by atoms with Crippen LogP contribution in [-0.4, -0.2) is 24.3 Å². The summed E-state index contributed by atoms with van der Waals surface area (Å²) in [5, 5.41) is 0. The van der Waals surface area contributed by atoms with E-state index in [9.17, 15) is 4.79 Å². The molecule has 84 valence electrons. The number of carbonyl (C=O) groups excluding carboxylic acids is 1. The van der Waals surface area contributed by atoms with Gasteiger partial charge in [-0.25, -0.2) is 0 Å². The van der Waals surface area contributed by atoms with Gasteiger partial charge < -0.3 is 4.79 Å². The lowest BCUT2D eigenvalue weighted by atomic mass is 9.62. The maximum atomic E-state index is 10.8. The Hall–Kier alpha value is -1.15. The second kappa shape index (κ2) is 4.02. The van der Waals surface area contributed by atoms with E-state index in [-0.39, 0.29) is 0 Å². The third-order valence-corrected chi connectivity index (χ3v) is 4.09. The quantitative estimate of drug-likeness (QED) is 0.718. The lowest BCUT2D eigenvalue weighted by molar-refractivity contribution is -0.126. The summed E-state index contributed by atoms with van der Waals surface area (Å²) in [7, 11) is 0. The second-order valence-corrected chi connectivity index (χ2v) is 5.15. The van der Waals surface area contributed by atoms with Gasteiger partial charge in [-0.05, 0) is 23.8 Å².